The van der Waals surface area contributed by atoms with Gasteiger partial charge in [-0.25, -0.2) is 0 Å². The summed E-state index contributed by atoms with van der Waals surface area (Å²) in [4.78, 5) is 42.5. The third-order valence-electron chi connectivity index (χ3n) is 6.65. The molecule has 37 heavy (non-hydrogen) atoms. The summed E-state index contributed by atoms with van der Waals surface area (Å²) >= 11 is 0. The van der Waals surface area contributed by atoms with Crippen molar-refractivity contribution in [1.82, 2.24) is 9.47 Å². The van der Waals surface area contributed by atoms with Gasteiger partial charge in [-0.2, -0.15) is 0 Å². The largest absolute Gasteiger partial charge is 0.466 e. The lowest BCUT2D eigenvalue weighted by atomic mass is 9.96. The number of rotatable bonds is 10. The van der Waals surface area contributed by atoms with Gasteiger partial charge in [0.25, 0.3) is 0 Å². The first-order chi connectivity index (χ1) is 17.9. The van der Waals surface area contributed by atoms with Crippen LogP contribution in [0.5, 0.6) is 0 Å². The molecule has 3 aromatic rings. The second-order valence-electron chi connectivity index (χ2n) is 9.35. The van der Waals surface area contributed by atoms with E-state index in [9.17, 15) is 14.4 Å². The molecule has 1 aliphatic heterocycles. The Hall–Kier alpha value is -3.87. The normalized spacial score (nSPS) is 14.0. The number of para-hydroxylation sites is 2. The van der Waals surface area contributed by atoms with Crippen LogP contribution in [0.1, 0.15) is 62.4 Å². The molecule has 1 atom stereocenters. The van der Waals surface area contributed by atoms with Crippen molar-refractivity contribution < 1.29 is 19.1 Å². The molecule has 2 amide bonds. The smallest absolute Gasteiger partial charge is 0.306 e. The number of esters is 1. The molecule has 4 rings (SSSR count). The number of hydrogen-bond donors (Lipinski definition) is 0. The van der Waals surface area contributed by atoms with Crippen LogP contribution >= 0.6 is 0 Å². The van der Waals surface area contributed by atoms with E-state index in [-0.39, 0.29) is 43.8 Å². The van der Waals surface area contributed by atoms with Crippen LogP contribution in [-0.2, 0) is 19.1 Å². The summed E-state index contributed by atoms with van der Waals surface area (Å²) in [5, 5.41) is 0. The van der Waals surface area contributed by atoms with E-state index in [4.69, 9.17) is 4.74 Å². The molecule has 0 saturated heterocycles. The van der Waals surface area contributed by atoms with E-state index in [1.807, 2.05) is 79.5 Å². The zero-order valence-corrected chi connectivity index (χ0v) is 21.9. The Morgan fingerprint density at radius 1 is 0.946 bits per heavy atom. The van der Waals surface area contributed by atoms with Gasteiger partial charge in [-0.1, -0.05) is 55.3 Å². The molecular formula is C30H35N3O4. The highest BCUT2D eigenvalue weighted by molar-refractivity contribution is 6.00. The summed E-state index contributed by atoms with van der Waals surface area (Å²) in [5.74, 6) is -0.773. The highest BCUT2D eigenvalue weighted by Gasteiger charge is 2.37. The Morgan fingerprint density at radius 2 is 1.73 bits per heavy atom. The molecular weight excluding hydrogens is 466 g/mol. The third kappa shape index (κ3) is 5.77. The van der Waals surface area contributed by atoms with Gasteiger partial charge in [0.1, 0.15) is 12.6 Å². The van der Waals surface area contributed by atoms with Crippen molar-refractivity contribution in [2.75, 3.05) is 24.6 Å². The number of amides is 2. The zero-order chi connectivity index (χ0) is 26.4. The molecule has 0 bridgehead atoms. The number of hydrogen-bond acceptors (Lipinski definition) is 4. The molecule has 0 radical (unpaired) electrons. The van der Waals surface area contributed by atoms with Crippen LogP contribution in [0.25, 0.3) is 5.69 Å². The fourth-order valence-electron chi connectivity index (χ4n) is 4.90. The van der Waals surface area contributed by atoms with Gasteiger partial charge in [-0.3, -0.25) is 19.3 Å². The van der Waals surface area contributed by atoms with Gasteiger partial charge in [0.05, 0.1) is 30.1 Å². The monoisotopic (exact) mass is 501 g/mol. The van der Waals surface area contributed by atoms with Crippen LogP contribution in [0, 0.1) is 6.92 Å². The Bertz CT molecular complexity index is 1260. The highest BCUT2D eigenvalue weighted by atomic mass is 16.5. The molecule has 0 N–H and O–H groups in total. The molecule has 0 spiro atoms. The second kappa shape index (κ2) is 11.9. The van der Waals surface area contributed by atoms with Gasteiger partial charge in [0.2, 0.25) is 11.8 Å². The number of anilines is 1. The van der Waals surface area contributed by atoms with Crippen LogP contribution in [-0.4, -0.2) is 46.9 Å². The highest BCUT2D eigenvalue weighted by Crippen LogP contribution is 2.42. The molecule has 1 unspecified atom stereocenters. The van der Waals surface area contributed by atoms with E-state index >= 15 is 0 Å². The van der Waals surface area contributed by atoms with E-state index in [1.54, 1.807) is 11.8 Å². The molecule has 7 nitrogen and oxygen atoms in total. The summed E-state index contributed by atoms with van der Waals surface area (Å²) in [5.41, 5.74) is 4.84. The first-order valence-corrected chi connectivity index (χ1v) is 13.0. The molecule has 1 aliphatic rings. The predicted molar refractivity (Wildman–Crippen MR) is 144 cm³/mol. The van der Waals surface area contributed by atoms with Gasteiger partial charge < -0.3 is 14.2 Å². The van der Waals surface area contributed by atoms with Gasteiger partial charge in [0, 0.05) is 19.2 Å². The van der Waals surface area contributed by atoms with Crippen LogP contribution < -0.4 is 4.90 Å². The number of ether oxygens (including phenoxy) is 1. The number of nitrogens with zero attached hydrogens (tertiary/aromatic N) is 3. The van der Waals surface area contributed by atoms with E-state index in [0.717, 1.165) is 41.0 Å². The zero-order valence-electron chi connectivity index (χ0n) is 21.9. The summed E-state index contributed by atoms with van der Waals surface area (Å²) in [6, 6.07) is 19.8. The van der Waals surface area contributed by atoms with Crippen molar-refractivity contribution in [3.8, 4) is 5.69 Å². The average molecular weight is 502 g/mol. The molecule has 0 saturated carbocycles. The fraction of sp³-hybridized carbons (Fsp3) is 0.367. The Balaban J connectivity index is 1.68. The number of unbranched alkanes of at least 4 members (excludes halogenated alkanes) is 1. The van der Waals surface area contributed by atoms with Crippen LogP contribution in [0.3, 0.4) is 0 Å². The minimum absolute atomic E-state index is 0.00939. The lowest BCUT2D eigenvalue weighted by Gasteiger charge is -2.39. The quantitative estimate of drug-likeness (QED) is 0.358. The SMILES string of the molecule is CCCCN(CC(=O)N1c2ccccc2-n2cccc2C1c1cccc(C)c1)C(=O)CCC(=O)OCC. The predicted octanol–water partition coefficient (Wildman–Crippen LogP) is 5.19. The van der Waals surface area contributed by atoms with E-state index < -0.39 is 5.97 Å². The molecule has 194 valence electrons. The number of carbonyl (C=O) groups excluding carboxylic acids is 3. The summed E-state index contributed by atoms with van der Waals surface area (Å²) in [7, 11) is 0. The number of aryl methyl sites for hydroxylation is 1. The average Bonchev–Trinajstić information content (AvgIpc) is 3.39. The first-order valence-electron chi connectivity index (χ1n) is 13.0. The Morgan fingerprint density at radius 3 is 2.46 bits per heavy atom. The van der Waals surface area contributed by atoms with Crippen LogP contribution in [0.15, 0.2) is 66.9 Å². The van der Waals surface area contributed by atoms with Gasteiger partial charge in [-0.05, 0) is 50.1 Å². The standard InChI is InChI=1S/C30H35N3O4/c1-4-6-18-31(27(34)16-17-29(36)37-5-2)21-28(35)33-25-14-8-7-13-24(25)32-19-10-15-26(32)30(33)23-12-9-11-22(3)20-23/h7-15,19-20,30H,4-6,16-18,21H2,1-3H3. The molecule has 0 aliphatic carbocycles. The lowest BCUT2D eigenvalue weighted by molar-refractivity contribution is -0.146. The first kappa shape index (κ1) is 26.2. The fourth-order valence-corrected chi connectivity index (χ4v) is 4.90. The number of aromatic nitrogens is 1. The van der Waals surface area contributed by atoms with Crippen LogP contribution in [0.2, 0.25) is 0 Å². The maximum Gasteiger partial charge on any atom is 0.306 e. The summed E-state index contributed by atoms with van der Waals surface area (Å²) in [6.07, 6.45) is 3.72. The Kier molecular flexibility index (Phi) is 8.43. The van der Waals surface area contributed by atoms with Gasteiger partial charge >= 0.3 is 5.97 Å². The van der Waals surface area contributed by atoms with Gasteiger partial charge in [-0.15, -0.1) is 0 Å². The van der Waals surface area contributed by atoms with Crippen molar-refractivity contribution in [1.29, 1.82) is 0 Å². The van der Waals surface area contributed by atoms with E-state index in [1.165, 1.54) is 0 Å². The topological polar surface area (TPSA) is 71.9 Å². The lowest BCUT2D eigenvalue weighted by Crippen LogP contribution is -2.47. The van der Waals surface area contributed by atoms with Crippen molar-refractivity contribution in [2.24, 2.45) is 0 Å². The minimum atomic E-state index is -0.400. The van der Waals surface area contributed by atoms with Crippen molar-refractivity contribution in [2.45, 2.75) is 52.5 Å². The van der Waals surface area contributed by atoms with Crippen molar-refractivity contribution in [3.63, 3.8) is 0 Å². The van der Waals surface area contributed by atoms with Gasteiger partial charge in [0.15, 0.2) is 0 Å². The second-order valence-corrected chi connectivity index (χ2v) is 9.35. The third-order valence-corrected chi connectivity index (χ3v) is 6.65. The number of benzene rings is 2. The maximum absolute atomic E-state index is 14.1. The molecule has 2 heterocycles. The van der Waals surface area contributed by atoms with Crippen LogP contribution in [0.4, 0.5) is 5.69 Å². The number of fused-ring (bicyclic) bond motifs is 3. The maximum atomic E-state index is 14.1. The van der Waals surface area contributed by atoms with Crippen molar-refractivity contribution >= 4 is 23.5 Å². The molecule has 0 fully saturated rings. The molecule has 7 heteroatoms. The number of carbonyl (C=O) groups is 3. The van der Waals surface area contributed by atoms with E-state index in [2.05, 4.69) is 10.6 Å². The summed E-state index contributed by atoms with van der Waals surface area (Å²) < 4.78 is 7.11. The Labute approximate surface area is 218 Å². The summed E-state index contributed by atoms with van der Waals surface area (Å²) in [6.45, 7) is 6.51. The molecule has 1 aromatic heterocycles. The minimum Gasteiger partial charge on any atom is -0.466 e. The van der Waals surface area contributed by atoms with Crippen molar-refractivity contribution in [3.05, 3.63) is 83.7 Å². The molecule has 2 aromatic carbocycles. The van der Waals surface area contributed by atoms with E-state index in [0.29, 0.717) is 6.54 Å².